The molecule has 2 rings (SSSR count). The molecule has 0 fully saturated rings. The molecule has 0 aliphatic rings. The minimum Gasteiger partial charge on any atom is -0.464 e. The molecule has 0 bridgehead atoms. The number of aryl methyl sites for hydroxylation is 1. The average molecular weight is 317 g/mol. The van der Waals surface area contributed by atoms with Crippen molar-refractivity contribution in [3.63, 3.8) is 0 Å². The van der Waals surface area contributed by atoms with E-state index < -0.39 is 5.97 Å². The van der Waals surface area contributed by atoms with Crippen molar-refractivity contribution < 1.29 is 18.7 Å². The third kappa shape index (κ3) is 4.84. The van der Waals surface area contributed by atoms with Crippen molar-refractivity contribution in [1.29, 1.82) is 0 Å². The lowest BCUT2D eigenvalue weighted by Gasteiger charge is -2.08. The van der Waals surface area contributed by atoms with Crippen LogP contribution in [0.1, 0.15) is 31.9 Å². The molecule has 5 heteroatoms. The number of fused-ring (bicyclic) bond motifs is 1. The molecule has 0 saturated carbocycles. The minimum atomic E-state index is -0.438. The van der Waals surface area contributed by atoms with Crippen LogP contribution in [0.3, 0.4) is 0 Å². The molecule has 0 saturated heterocycles. The Balaban J connectivity index is 1.89. The van der Waals surface area contributed by atoms with Crippen molar-refractivity contribution in [3.8, 4) is 0 Å². The van der Waals surface area contributed by atoms with Gasteiger partial charge in [0.2, 0.25) is 0 Å². The fourth-order valence-electron chi connectivity index (χ4n) is 2.21. The Morgan fingerprint density at radius 2 is 2.09 bits per heavy atom. The first kappa shape index (κ1) is 17.1. The summed E-state index contributed by atoms with van der Waals surface area (Å²) in [6.07, 6.45) is 2.60. The van der Waals surface area contributed by atoms with Crippen molar-refractivity contribution in [1.82, 2.24) is 5.32 Å². The molecule has 0 radical (unpaired) electrons. The number of amides is 1. The Morgan fingerprint density at radius 1 is 1.30 bits per heavy atom. The van der Waals surface area contributed by atoms with Crippen LogP contribution in [0.15, 0.2) is 28.9 Å². The van der Waals surface area contributed by atoms with E-state index in [4.69, 9.17) is 9.15 Å². The molecule has 0 aliphatic carbocycles. The van der Waals surface area contributed by atoms with Gasteiger partial charge in [0.1, 0.15) is 5.58 Å². The molecular weight excluding hydrogens is 294 g/mol. The van der Waals surface area contributed by atoms with Crippen molar-refractivity contribution >= 4 is 22.8 Å². The number of hydrogen-bond acceptors (Lipinski definition) is 4. The number of esters is 1. The first-order valence-electron chi connectivity index (χ1n) is 7.91. The Morgan fingerprint density at radius 3 is 2.78 bits per heavy atom. The molecule has 0 unspecified atom stereocenters. The molecule has 124 valence electrons. The van der Waals surface area contributed by atoms with Crippen LogP contribution in [0, 0.1) is 5.92 Å². The quantitative estimate of drug-likeness (QED) is 0.797. The zero-order valence-corrected chi connectivity index (χ0v) is 13.8. The number of carbonyl (C=O) groups excluding carboxylic acids is 2. The van der Waals surface area contributed by atoms with Crippen molar-refractivity contribution in [2.75, 3.05) is 13.2 Å². The number of benzene rings is 1. The molecule has 1 amide bonds. The Kier molecular flexibility index (Phi) is 5.79. The smallest absolute Gasteiger partial charge is 0.310 e. The fraction of sp³-hybridized carbons (Fsp3) is 0.444. The maximum absolute atomic E-state index is 11.9. The van der Waals surface area contributed by atoms with Crippen LogP contribution in [-0.2, 0) is 27.2 Å². The van der Waals surface area contributed by atoms with E-state index >= 15 is 0 Å². The van der Waals surface area contributed by atoms with Crippen molar-refractivity contribution in [2.24, 2.45) is 5.92 Å². The molecule has 0 atom stereocenters. The Hall–Kier alpha value is -2.30. The topological polar surface area (TPSA) is 68.5 Å². The third-order valence-corrected chi connectivity index (χ3v) is 3.53. The largest absolute Gasteiger partial charge is 0.464 e. The number of hydrogen-bond donors (Lipinski definition) is 1. The maximum atomic E-state index is 11.9. The van der Waals surface area contributed by atoms with Crippen LogP contribution in [0.25, 0.3) is 11.0 Å². The summed E-state index contributed by atoms with van der Waals surface area (Å²) in [5, 5.41) is 3.61. The van der Waals surface area contributed by atoms with Crippen LogP contribution >= 0.6 is 0 Å². The predicted molar refractivity (Wildman–Crippen MR) is 88.1 cm³/mol. The highest BCUT2D eigenvalue weighted by Crippen LogP contribution is 2.23. The van der Waals surface area contributed by atoms with Crippen LogP contribution in [0.4, 0.5) is 0 Å². The molecule has 1 N–H and O–H groups in total. The van der Waals surface area contributed by atoms with E-state index in [-0.39, 0.29) is 18.9 Å². The maximum Gasteiger partial charge on any atom is 0.310 e. The van der Waals surface area contributed by atoms with Gasteiger partial charge < -0.3 is 14.5 Å². The van der Waals surface area contributed by atoms with Gasteiger partial charge in [0, 0.05) is 17.5 Å². The highest BCUT2D eigenvalue weighted by Gasteiger charge is 2.13. The molecule has 0 spiro atoms. The second-order valence-electron chi connectivity index (χ2n) is 5.98. The molecule has 2 aromatic rings. The lowest BCUT2D eigenvalue weighted by Crippen LogP contribution is -2.31. The molecule has 1 aromatic heterocycles. The second kappa shape index (κ2) is 7.81. The first-order chi connectivity index (χ1) is 11.0. The SMILES string of the molecule is CCc1ccc2c(CC(=O)OCC(=O)NCC(C)C)coc2c1. The van der Waals surface area contributed by atoms with Gasteiger partial charge in [0.15, 0.2) is 6.61 Å². The van der Waals surface area contributed by atoms with Crippen molar-refractivity contribution in [2.45, 2.75) is 33.6 Å². The fourth-order valence-corrected chi connectivity index (χ4v) is 2.21. The molecule has 1 aromatic carbocycles. The van der Waals surface area contributed by atoms with E-state index in [1.54, 1.807) is 6.26 Å². The lowest BCUT2D eigenvalue weighted by atomic mass is 10.1. The lowest BCUT2D eigenvalue weighted by molar-refractivity contribution is -0.147. The summed E-state index contributed by atoms with van der Waals surface area (Å²) < 4.78 is 10.5. The summed E-state index contributed by atoms with van der Waals surface area (Å²) in [5.41, 5.74) is 2.72. The van der Waals surface area contributed by atoms with Crippen molar-refractivity contribution in [3.05, 3.63) is 35.6 Å². The van der Waals surface area contributed by atoms with E-state index in [1.165, 1.54) is 5.56 Å². The standard InChI is InChI=1S/C18H23NO4/c1-4-13-5-6-15-14(10-22-16(15)7-13)8-18(21)23-11-17(20)19-9-12(2)3/h5-7,10,12H,4,8-9,11H2,1-3H3,(H,19,20). The molecule has 0 aliphatic heterocycles. The summed E-state index contributed by atoms with van der Waals surface area (Å²) in [6.45, 7) is 6.40. The van der Waals surface area contributed by atoms with Gasteiger partial charge in [-0.2, -0.15) is 0 Å². The van der Waals surface area contributed by atoms with Gasteiger partial charge in [-0.15, -0.1) is 0 Å². The molecular formula is C18H23NO4. The van der Waals surface area contributed by atoms with E-state index in [9.17, 15) is 9.59 Å². The normalized spacial score (nSPS) is 11.0. The van der Waals surface area contributed by atoms with Crippen LogP contribution in [-0.4, -0.2) is 25.0 Å². The Labute approximate surface area is 136 Å². The van der Waals surface area contributed by atoms with Gasteiger partial charge in [-0.05, 0) is 24.0 Å². The second-order valence-corrected chi connectivity index (χ2v) is 5.98. The number of nitrogens with one attached hydrogen (secondary N) is 1. The van der Waals surface area contributed by atoms with Crippen LogP contribution in [0.2, 0.25) is 0 Å². The third-order valence-electron chi connectivity index (χ3n) is 3.53. The van der Waals surface area contributed by atoms with E-state index in [1.807, 2.05) is 32.0 Å². The predicted octanol–water partition coefficient (Wildman–Crippen LogP) is 2.85. The van der Waals surface area contributed by atoms with Crippen LogP contribution in [0.5, 0.6) is 0 Å². The average Bonchev–Trinajstić information content (AvgIpc) is 2.93. The zero-order chi connectivity index (χ0) is 16.8. The number of rotatable bonds is 7. The summed E-state index contributed by atoms with van der Waals surface area (Å²) in [5.74, 6) is -0.358. The summed E-state index contributed by atoms with van der Waals surface area (Å²) >= 11 is 0. The molecule has 23 heavy (non-hydrogen) atoms. The molecule has 5 nitrogen and oxygen atoms in total. The molecule has 1 heterocycles. The van der Waals surface area contributed by atoms with Gasteiger partial charge in [0.05, 0.1) is 12.7 Å². The van der Waals surface area contributed by atoms with Gasteiger partial charge in [0.25, 0.3) is 5.91 Å². The summed E-state index contributed by atoms with van der Waals surface area (Å²) in [7, 11) is 0. The summed E-state index contributed by atoms with van der Waals surface area (Å²) in [4.78, 5) is 23.4. The van der Waals surface area contributed by atoms with Gasteiger partial charge in [-0.1, -0.05) is 32.9 Å². The minimum absolute atomic E-state index is 0.0932. The van der Waals surface area contributed by atoms with Crippen LogP contribution < -0.4 is 5.32 Å². The number of ether oxygens (including phenoxy) is 1. The van der Waals surface area contributed by atoms with E-state index in [2.05, 4.69) is 12.2 Å². The van der Waals surface area contributed by atoms with E-state index in [0.717, 1.165) is 23.0 Å². The first-order valence-corrected chi connectivity index (χ1v) is 7.91. The highest BCUT2D eigenvalue weighted by atomic mass is 16.5. The van der Waals surface area contributed by atoms with Gasteiger partial charge in [-0.25, -0.2) is 0 Å². The zero-order valence-electron chi connectivity index (χ0n) is 13.8. The number of carbonyl (C=O) groups is 2. The van der Waals surface area contributed by atoms with Gasteiger partial charge in [-0.3, -0.25) is 9.59 Å². The van der Waals surface area contributed by atoms with E-state index in [0.29, 0.717) is 12.5 Å². The highest BCUT2D eigenvalue weighted by molar-refractivity contribution is 5.87. The summed E-state index contributed by atoms with van der Waals surface area (Å²) in [6, 6.07) is 5.95. The van der Waals surface area contributed by atoms with Gasteiger partial charge >= 0.3 is 5.97 Å². The number of furan rings is 1. The Bertz CT molecular complexity index is 687. The monoisotopic (exact) mass is 317 g/mol.